The summed E-state index contributed by atoms with van der Waals surface area (Å²) in [7, 11) is 0. The monoisotopic (exact) mass is 429 g/mol. The number of nitrogens with one attached hydrogen (secondary N) is 1. The first-order valence-electron chi connectivity index (χ1n) is 9.78. The Kier molecular flexibility index (Phi) is 5.23. The van der Waals surface area contributed by atoms with Crippen molar-refractivity contribution in [2.24, 2.45) is 0 Å². The number of aryl methyl sites for hydroxylation is 3. The number of pyridine rings is 1. The molecule has 2 aromatic heterocycles. The van der Waals surface area contributed by atoms with Gasteiger partial charge in [-0.05, 0) is 62.7 Å². The molecule has 0 spiro atoms. The molecule has 2 heterocycles. The van der Waals surface area contributed by atoms with Gasteiger partial charge in [0.05, 0.1) is 16.0 Å². The molecule has 0 radical (unpaired) electrons. The number of hydrogen-bond donors (Lipinski definition) is 1. The Morgan fingerprint density at radius 3 is 2.56 bits per heavy atom. The Balaban J connectivity index is 1.67. The van der Waals surface area contributed by atoms with Gasteiger partial charge in [0.2, 0.25) is 0 Å². The van der Waals surface area contributed by atoms with Crippen LogP contribution >= 0.6 is 0 Å². The first-order valence-corrected chi connectivity index (χ1v) is 9.78. The largest absolute Gasteiger partial charge is 0.322 e. The zero-order valence-electron chi connectivity index (χ0n) is 17.6. The molecule has 0 saturated carbocycles. The summed E-state index contributed by atoms with van der Waals surface area (Å²) in [5.41, 5.74) is 2.56. The Labute approximate surface area is 182 Å². The lowest BCUT2D eigenvalue weighted by atomic mass is 10.1. The zero-order chi connectivity index (χ0) is 23.0. The molecular weight excluding hydrogens is 410 g/mol. The second-order valence-corrected chi connectivity index (χ2v) is 7.39. The van der Waals surface area contributed by atoms with Crippen LogP contribution in [0.25, 0.3) is 16.7 Å². The molecule has 9 nitrogen and oxygen atoms in total. The smallest absolute Gasteiger partial charge is 0.273 e. The van der Waals surface area contributed by atoms with Gasteiger partial charge < -0.3 is 5.32 Å². The molecule has 0 aliphatic rings. The maximum atomic E-state index is 13.0. The van der Waals surface area contributed by atoms with Crippen LogP contribution in [0.3, 0.4) is 0 Å². The van der Waals surface area contributed by atoms with E-state index in [1.807, 2.05) is 0 Å². The molecule has 4 rings (SSSR count). The zero-order valence-corrected chi connectivity index (χ0v) is 17.6. The van der Waals surface area contributed by atoms with Gasteiger partial charge in [-0.15, -0.1) is 0 Å². The first kappa shape index (κ1) is 20.9. The third-order valence-electron chi connectivity index (χ3n) is 5.20. The average molecular weight is 429 g/mol. The maximum Gasteiger partial charge on any atom is 0.273 e. The summed E-state index contributed by atoms with van der Waals surface area (Å²) in [6.07, 6.45) is 1.59. The normalized spacial score (nSPS) is 10.8. The molecule has 0 fully saturated rings. The van der Waals surface area contributed by atoms with Crippen molar-refractivity contribution in [3.05, 3.63) is 97.7 Å². The number of fused-ring (bicyclic) bond motifs is 1. The van der Waals surface area contributed by atoms with Gasteiger partial charge in [-0.1, -0.05) is 6.07 Å². The molecule has 0 saturated heterocycles. The number of nitro benzene ring substituents is 1. The molecule has 0 atom stereocenters. The second kappa shape index (κ2) is 8.03. The molecular formula is C23H19N5O4. The van der Waals surface area contributed by atoms with Crippen molar-refractivity contribution in [1.82, 2.24) is 14.5 Å². The van der Waals surface area contributed by atoms with Gasteiger partial charge in [0, 0.05) is 29.1 Å². The fourth-order valence-electron chi connectivity index (χ4n) is 3.50. The molecule has 2 aromatic carbocycles. The highest BCUT2D eigenvalue weighted by atomic mass is 16.6. The minimum Gasteiger partial charge on any atom is -0.322 e. The van der Waals surface area contributed by atoms with E-state index in [1.54, 1.807) is 69.4 Å². The van der Waals surface area contributed by atoms with Crippen LogP contribution in [0.1, 0.15) is 27.3 Å². The van der Waals surface area contributed by atoms with E-state index in [2.05, 4.69) is 15.3 Å². The summed E-state index contributed by atoms with van der Waals surface area (Å²) in [5.74, 6) is 0.0279. The van der Waals surface area contributed by atoms with E-state index >= 15 is 0 Å². The molecule has 0 bridgehead atoms. The fourth-order valence-corrected chi connectivity index (χ4v) is 3.50. The van der Waals surface area contributed by atoms with Crippen molar-refractivity contribution >= 4 is 28.3 Å². The molecule has 9 heteroatoms. The Morgan fingerprint density at radius 1 is 1.06 bits per heavy atom. The minimum absolute atomic E-state index is 0.113. The van der Waals surface area contributed by atoms with Crippen molar-refractivity contribution in [3.63, 3.8) is 0 Å². The Bertz CT molecular complexity index is 1460. The highest BCUT2D eigenvalue weighted by Crippen LogP contribution is 2.23. The highest BCUT2D eigenvalue weighted by molar-refractivity contribution is 6.05. The maximum absolute atomic E-state index is 13.0. The van der Waals surface area contributed by atoms with Crippen LogP contribution in [0.5, 0.6) is 0 Å². The van der Waals surface area contributed by atoms with Gasteiger partial charge in [0.25, 0.3) is 17.2 Å². The Hall–Kier alpha value is -4.40. The number of nitro groups is 1. The van der Waals surface area contributed by atoms with E-state index in [0.717, 1.165) is 5.56 Å². The van der Waals surface area contributed by atoms with Gasteiger partial charge in [-0.3, -0.25) is 24.3 Å². The Morgan fingerprint density at radius 2 is 1.84 bits per heavy atom. The standard InChI is InChI=1S/C23H19N5O4/c1-13-6-7-16(12-20(13)28(31)32)22(29)26-19-9-8-17(11-14(19)2)27-15(3)25-21-18(23(27)30)5-4-10-24-21/h4-12H,1-3H3,(H,26,29). The van der Waals surface area contributed by atoms with Crippen molar-refractivity contribution in [3.8, 4) is 5.69 Å². The van der Waals surface area contributed by atoms with Crippen LogP contribution in [0, 0.1) is 30.9 Å². The number of amides is 1. The van der Waals surface area contributed by atoms with Crippen molar-refractivity contribution in [2.75, 3.05) is 5.32 Å². The molecule has 0 aliphatic heterocycles. The fraction of sp³-hybridized carbons (Fsp3) is 0.130. The van der Waals surface area contributed by atoms with Crippen LogP contribution in [0.15, 0.2) is 59.5 Å². The lowest BCUT2D eigenvalue weighted by Crippen LogP contribution is -2.23. The van der Waals surface area contributed by atoms with Crippen LogP contribution in [-0.2, 0) is 0 Å². The topological polar surface area (TPSA) is 120 Å². The summed E-state index contributed by atoms with van der Waals surface area (Å²) in [4.78, 5) is 44.8. The van der Waals surface area contributed by atoms with E-state index in [4.69, 9.17) is 0 Å². The van der Waals surface area contributed by atoms with Crippen molar-refractivity contribution in [2.45, 2.75) is 20.8 Å². The molecule has 1 N–H and O–H groups in total. The van der Waals surface area contributed by atoms with Gasteiger partial charge >= 0.3 is 0 Å². The molecule has 0 unspecified atom stereocenters. The van der Waals surface area contributed by atoms with E-state index in [-0.39, 0.29) is 16.8 Å². The minimum atomic E-state index is -0.515. The van der Waals surface area contributed by atoms with Gasteiger partial charge in [-0.25, -0.2) is 9.97 Å². The summed E-state index contributed by atoms with van der Waals surface area (Å²) in [5, 5.41) is 14.3. The van der Waals surface area contributed by atoms with Crippen LogP contribution in [-0.4, -0.2) is 25.4 Å². The number of nitrogens with zero attached hydrogens (tertiary/aromatic N) is 4. The molecule has 4 aromatic rings. The molecule has 32 heavy (non-hydrogen) atoms. The molecule has 0 aliphatic carbocycles. The lowest BCUT2D eigenvalue weighted by Gasteiger charge is -2.14. The highest BCUT2D eigenvalue weighted by Gasteiger charge is 2.16. The summed E-state index contributed by atoms with van der Waals surface area (Å²) < 4.78 is 1.49. The van der Waals surface area contributed by atoms with Crippen LogP contribution < -0.4 is 10.9 Å². The molecule has 1 amide bonds. The van der Waals surface area contributed by atoms with Crippen molar-refractivity contribution < 1.29 is 9.72 Å². The number of aromatic nitrogens is 3. The average Bonchev–Trinajstić information content (AvgIpc) is 2.75. The third-order valence-corrected chi connectivity index (χ3v) is 5.20. The third kappa shape index (κ3) is 3.71. The van der Waals surface area contributed by atoms with Crippen molar-refractivity contribution in [1.29, 1.82) is 0 Å². The predicted octanol–water partition coefficient (Wildman–Crippen LogP) is 3.87. The number of rotatable bonds is 4. The summed E-state index contributed by atoms with van der Waals surface area (Å²) >= 11 is 0. The number of benzene rings is 2. The summed E-state index contributed by atoms with van der Waals surface area (Å²) in [6, 6.07) is 12.9. The SMILES string of the molecule is Cc1cc(-n2c(C)nc3ncccc3c2=O)ccc1NC(=O)c1ccc(C)c([N+](=O)[O-])c1. The van der Waals surface area contributed by atoms with E-state index in [0.29, 0.717) is 33.8 Å². The van der Waals surface area contributed by atoms with Gasteiger partial charge in [-0.2, -0.15) is 0 Å². The number of anilines is 1. The quantitative estimate of drug-likeness (QED) is 0.388. The second-order valence-electron chi connectivity index (χ2n) is 7.39. The lowest BCUT2D eigenvalue weighted by molar-refractivity contribution is -0.385. The number of carbonyl (C=O) groups excluding carboxylic acids is 1. The van der Waals surface area contributed by atoms with Crippen LogP contribution in [0.4, 0.5) is 11.4 Å². The van der Waals surface area contributed by atoms with Crippen LogP contribution in [0.2, 0.25) is 0 Å². The van der Waals surface area contributed by atoms with E-state index < -0.39 is 10.8 Å². The van der Waals surface area contributed by atoms with Gasteiger partial charge in [0.15, 0.2) is 5.65 Å². The predicted molar refractivity (Wildman–Crippen MR) is 120 cm³/mol. The number of hydrogen-bond acceptors (Lipinski definition) is 6. The van der Waals surface area contributed by atoms with Gasteiger partial charge in [0.1, 0.15) is 5.82 Å². The first-order chi connectivity index (χ1) is 15.3. The summed E-state index contributed by atoms with van der Waals surface area (Å²) in [6.45, 7) is 5.14. The molecule has 160 valence electrons. The van der Waals surface area contributed by atoms with E-state index in [9.17, 15) is 19.7 Å². The van der Waals surface area contributed by atoms with E-state index in [1.165, 1.54) is 10.6 Å². The number of carbonyl (C=O) groups is 1.